The van der Waals surface area contributed by atoms with E-state index in [-0.39, 0.29) is 20.1 Å². The van der Waals surface area contributed by atoms with Crippen molar-refractivity contribution in [3.05, 3.63) is 51.3 Å². The predicted molar refractivity (Wildman–Crippen MR) is 342 cm³/mol. The van der Waals surface area contributed by atoms with E-state index in [1.807, 2.05) is 6.92 Å². The molecule has 456 valence electrons. The van der Waals surface area contributed by atoms with Crippen molar-refractivity contribution in [2.75, 3.05) is 45.2 Å². The molecule has 3 N–H and O–H groups in total. The number of rotatable bonds is 46. The molecule has 1 heterocycles. The van der Waals surface area contributed by atoms with Crippen LogP contribution in [-0.4, -0.2) is 68.2 Å². The molecule has 1 aromatic rings. The Bertz CT molecular complexity index is 1540. The van der Waals surface area contributed by atoms with Gasteiger partial charge in [0, 0.05) is 58.9 Å². The van der Waals surface area contributed by atoms with E-state index in [9.17, 15) is 24.0 Å². The molecule has 2 rings (SSSR count). The lowest BCUT2D eigenvalue weighted by atomic mass is 9.94. The maximum atomic E-state index is 11.0. The lowest BCUT2D eigenvalue weighted by Crippen LogP contribution is -2.36. The third-order valence-electron chi connectivity index (χ3n) is 15.0. The Labute approximate surface area is 479 Å². The number of carbonyl (C=O) groups excluding carboxylic acids is 3. The molecule has 0 spiro atoms. The molecule has 0 aliphatic carbocycles. The van der Waals surface area contributed by atoms with Gasteiger partial charge in [-0.05, 0) is 109 Å². The summed E-state index contributed by atoms with van der Waals surface area (Å²) in [6.07, 6.45) is 51.1. The summed E-state index contributed by atoms with van der Waals surface area (Å²) in [5.41, 5.74) is 5.33. The Hall–Kier alpha value is -2.75. The molecule has 0 bridgehead atoms. The number of hydrogen-bond acceptors (Lipinski definition) is 9. The van der Waals surface area contributed by atoms with Crippen molar-refractivity contribution < 1.29 is 20.5 Å². The quantitative estimate of drug-likeness (QED) is 0.0371. The zero-order valence-electron chi connectivity index (χ0n) is 52.1. The smallest absolute Gasteiger partial charge is 0.249 e. The average Bonchev–Trinajstić information content (AvgIpc) is 3.77. The molecule has 1 aromatic carbocycles. The van der Waals surface area contributed by atoms with E-state index in [1.165, 1.54) is 186 Å². The van der Waals surface area contributed by atoms with E-state index in [0.29, 0.717) is 48.2 Å². The largest absolute Gasteiger partial charge is 0.385 e. The number of allylic oxidation sites excluding steroid dienone is 2. The minimum absolute atomic E-state index is 0. The van der Waals surface area contributed by atoms with Gasteiger partial charge in [0.1, 0.15) is 17.3 Å². The van der Waals surface area contributed by atoms with Crippen LogP contribution in [-0.2, 0) is 19.1 Å². The second-order valence-electron chi connectivity index (χ2n) is 22.4. The number of ether oxygens (including phenoxy) is 1. The second kappa shape index (κ2) is 60.9. The summed E-state index contributed by atoms with van der Waals surface area (Å²) in [7, 11) is 1.63. The highest BCUT2D eigenvalue weighted by molar-refractivity contribution is 5.78. The number of Topliss-reactive ketones (excluding diaryl/α,β-unsaturated/α-hetero) is 3. The van der Waals surface area contributed by atoms with Crippen LogP contribution < -0.4 is 21.9 Å². The SMILES string of the molecule is C.C=CC(CC)CCCCCCCCCC.C=CC(CCCCCCCC)CCCCCCCC.CC(=O)CCCCCCCOC[C@@H]1CC(C)CN1CCCCCC(C)=O.CCC(=O)CCN.CNc1c(C)c(=O)c1=O.[HH]. The number of ketones is 3. The fourth-order valence-corrected chi connectivity index (χ4v) is 9.80. The molecule has 77 heavy (non-hydrogen) atoms. The maximum absolute atomic E-state index is 11.0. The number of hydrogen-bond donors (Lipinski definition) is 2. The maximum Gasteiger partial charge on any atom is 0.249 e. The molecule has 2 unspecified atom stereocenters. The van der Waals surface area contributed by atoms with Gasteiger partial charge in [-0.2, -0.15) is 0 Å². The van der Waals surface area contributed by atoms with Gasteiger partial charge in [-0.15, -0.1) is 13.2 Å². The molecule has 0 radical (unpaired) electrons. The third kappa shape index (κ3) is 52.4. The summed E-state index contributed by atoms with van der Waals surface area (Å²) in [6, 6.07) is 0.577. The summed E-state index contributed by atoms with van der Waals surface area (Å²) in [5.74, 6) is 3.19. The number of nitrogens with one attached hydrogen (secondary N) is 1. The lowest BCUT2D eigenvalue weighted by Gasteiger charge is -2.24. The highest BCUT2D eigenvalue weighted by Gasteiger charge is 2.29. The van der Waals surface area contributed by atoms with E-state index in [2.05, 4.69) is 70.1 Å². The van der Waals surface area contributed by atoms with E-state index >= 15 is 0 Å². The molecule has 0 amide bonds. The molecule has 1 saturated heterocycles. The zero-order chi connectivity index (χ0) is 57.5. The van der Waals surface area contributed by atoms with Crippen LogP contribution in [0.2, 0.25) is 0 Å². The van der Waals surface area contributed by atoms with Crippen molar-refractivity contribution in [1.82, 2.24) is 4.90 Å². The van der Waals surface area contributed by atoms with Gasteiger partial charge in [-0.25, -0.2) is 0 Å². The Morgan fingerprint density at radius 3 is 1.42 bits per heavy atom. The fraction of sp³-hybridized carbons (Fsp3) is 0.838. The highest BCUT2D eigenvalue weighted by Crippen LogP contribution is 2.24. The summed E-state index contributed by atoms with van der Waals surface area (Å²) in [6.45, 7) is 30.7. The summed E-state index contributed by atoms with van der Waals surface area (Å²) >= 11 is 0. The van der Waals surface area contributed by atoms with Crippen LogP contribution in [0.4, 0.5) is 5.69 Å². The van der Waals surface area contributed by atoms with Gasteiger partial charge in [0.15, 0.2) is 0 Å². The second-order valence-corrected chi connectivity index (χ2v) is 22.4. The van der Waals surface area contributed by atoms with Gasteiger partial charge in [-0.3, -0.25) is 19.3 Å². The molecule has 3 atom stereocenters. The van der Waals surface area contributed by atoms with Gasteiger partial charge in [0.05, 0.1) is 12.3 Å². The molecule has 1 aliphatic rings. The first kappa shape index (κ1) is 80.7. The van der Waals surface area contributed by atoms with Crippen LogP contribution >= 0.6 is 0 Å². The first-order valence-electron chi connectivity index (χ1n) is 31.9. The van der Waals surface area contributed by atoms with Crippen molar-refractivity contribution in [2.45, 2.75) is 313 Å². The van der Waals surface area contributed by atoms with E-state index in [4.69, 9.17) is 10.5 Å². The van der Waals surface area contributed by atoms with Crippen LogP contribution in [0.1, 0.15) is 307 Å². The van der Waals surface area contributed by atoms with E-state index in [0.717, 1.165) is 82.5 Å². The standard InChI is InChI=1S/C22H41NO3.C19H38.C15H30.C6H7NO2.C5H11NO.CH4.H2/c1-19-16-22(23(17-19)14-10-7-9-13-21(3)25)18-26-15-11-6-4-5-8-12-20(2)24;1-4-7-9-11-13-15-17-19(6-3)18-16-14-12-10-8-5-2;1-4-7-8-9-10-11-12-13-14-15(5-2)6-3;1-3-4(7-2)6(9)5(3)8;1-2-5(7)3-4-6;;/h19,22H,4-18H2,1-3H3;6,19H,3-5,7-18H2,1-2H3;5,15H,2,4,6-14H2,1,3H3;7H,1-2H3;2-4,6H2,1H3;1H4;1H/t19?,22-;;;;;;/m0....../s1. The van der Waals surface area contributed by atoms with E-state index in [1.54, 1.807) is 27.8 Å². The van der Waals surface area contributed by atoms with Crippen LogP contribution in [0.25, 0.3) is 0 Å². The fourth-order valence-electron chi connectivity index (χ4n) is 9.80. The molecule has 9 nitrogen and oxygen atoms in total. The molecule has 1 fully saturated rings. The van der Waals surface area contributed by atoms with Crippen LogP contribution in [0.5, 0.6) is 0 Å². The van der Waals surface area contributed by atoms with Gasteiger partial charge < -0.3 is 25.4 Å². The van der Waals surface area contributed by atoms with Crippen LogP contribution in [0.3, 0.4) is 0 Å². The van der Waals surface area contributed by atoms with Gasteiger partial charge in [-0.1, -0.05) is 215 Å². The van der Waals surface area contributed by atoms with E-state index < -0.39 is 5.43 Å². The normalized spacial score (nSPS) is 14.1. The minimum Gasteiger partial charge on any atom is -0.385 e. The lowest BCUT2D eigenvalue weighted by molar-refractivity contribution is -0.119. The third-order valence-corrected chi connectivity index (χ3v) is 15.0. The van der Waals surface area contributed by atoms with Crippen LogP contribution in [0, 0.1) is 24.7 Å². The number of likely N-dealkylation sites (tertiary alicyclic amines) is 1. The minimum atomic E-state index is -0.394. The molecule has 9 heteroatoms. The molecule has 1 aliphatic heterocycles. The highest BCUT2D eigenvalue weighted by atomic mass is 16.5. The van der Waals surface area contributed by atoms with Crippen molar-refractivity contribution in [3.63, 3.8) is 0 Å². The van der Waals surface area contributed by atoms with Crippen molar-refractivity contribution >= 4 is 23.0 Å². The molecular formula is C68H133N3O6. The van der Waals surface area contributed by atoms with Crippen LogP contribution in [0.15, 0.2) is 34.9 Å². The summed E-state index contributed by atoms with van der Waals surface area (Å²) in [4.78, 5) is 55.8. The Kier molecular flexibility index (Phi) is 63.8. The number of nitrogens with zero attached hydrogens (tertiary/aromatic N) is 1. The average molecular weight is 1090 g/mol. The number of nitrogens with two attached hydrogens (primary N) is 1. The summed E-state index contributed by atoms with van der Waals surface area (Å²) < 4.78 is 5.96. The number of anilines is 1. The van der Waals surface area contributed by atoms with Gasteiger partial charge in [0.2, 0.25) is 10.9 Å². The van der Waals surface area contributed by atoms with Gasteiger partial charge in [0.25, 0.3) is 0 Å². The van der Waals surface area contributed by atoms with Gasteiger partial charge >= 0.3 is 0 Å². The van der Waals surface area contributed by atoms with Crippen molar-refractivity contribution in [2.24, 2.45) is 23.5 Å². The topological polar surface area (TPSA) is 136 Å². The Morgan fingerprint density at radius 2 is 1.05 bits per heavy atom. The predicted octanol–water partition coefficient (Wildman–Crippen LogP) is 18.6. The zero-order valence-corrected chi connectivity index (χ0v) is 52.1. The Morgan fingerprint density at radius 1 is 0.636 bits per heavy atom. The van der Waals surface area contributed by atoms with Crippen molar-refractivity contribution in [3.8, 4) is 0 Å². The first-order valence-corrected chi connectivity index (χ1v) is 31.9. The molecule has 0 saturated carbocycles. The van der Waals surface area contributed by atoms with Crippen molar-refractivity contribution in [1.29, 1.82) is 0 Å². The molecule has 0 aromatic heterocycles. The monoisotopic (exact) mass is 1090 g/mol. The number of unbranched alkanes of at least 4 members (excludes halogenated alkanes) is 23. The molecular weight excluding hydrogens is 955 g/mol. The Balaban J connectivity index is -0.000000302. The first-order chi connectivity index (χ1) is 36.7. The summed E-state index contributed by atoms with van der Waals surface area (Å²) in [5, 5.41) is 2.64. The number of carbonyl (C=O) groups is 3.